The summed E-state index contributed by atoms with van der Waals surface area (Å²) in [6.07, 6.45) is 4.91. The van der Waals surface area contributed by atoms with Crippen LogP contribution in [0, 0.1) is 0 Å². The van der Waals surface area contributed by atoms with Crippen molar-refractivity contribution in [3.05, 3.63) is 35.4 Å². The number of likely N-dealkylation sites (tertiary alicyclic amines) is 1. The zero-order valence-corrected chi connectivity index (χ0v) is 16.0. The fourth-order valence-corrected chi connectivity index (χ4v) is 3.06. The number of nitrogens with one attached hydrogen (secondary N) is 1. The number of rotatable bonds is 6. The van der Waals surface area contributed by atoms with Crippen molar-refractivity contribution >= 4 is 24.2 Å². The predicted octanol–water partition coefficient (Wildman–Crippen LogP) is 2.87. The molecular weight excluding hydrogens is 338 g/mol. The highest BCUT2D eigenvalue weighted by molar-refractivity contribution is 5.94. The Hall–Kier alpha value is -1.59. The Morgan fingerprint density at radius 2 is 1.76 bits per heavy atom. The van der Waals surface area contributed by atoms with E-state index in [1.807, 2.05) is 36.1 Å². The first-order chi connectivity index (χ1) is 11.4. The van der Waals surface area contributed by atoms with Crippen LogP contribution in [-0.4, -0.2) is 35.3 Å². The summed E-state index contributed by atoms with van der Waals surface area (Å²) in [5, 5.41) is 2.88. The van der Waals surface area contributed by atoms with E-state index in [4.69, 9.17) is 5.73 Å². The van der Waals surface area contributed by atoms with Gasteiger partial charge in [0.25, 0.3) is 5.91 Å². The number of nitrogens with two attached hydrogens (primary N) is 1. The normalized spacial score (nSPS) is 16.5. The van der Waals surface area contributed by atoms with Gasteiger partial charge >= 0.3 is 0 Å². The first-order valence-electron chi connectivity index (χ1n) is 8.89. The zero-order valence-electron chi connectivity index (χ0n) is 15.2. The van der Waals surface area contributed by atoms with Crippen LogP contribution in [0.15, 0.2) is 24.3 Å². The summed E-state index contributed by atoms with van der Waals surface area (Å²) in [5.74, 6) is -0.0411. The molecule has 0 spiro atoms. The SMILES string of the molecule is CCCC(C)(N)C(=O)NCc1ccc(C(=O)N2CCCCC2)cc1.Cl. The molecule has 140 valence electrons. The molecule has 6 heteroatoms. The minimum absolute atomic E-state index is 0. The molecule has 1 aliphatic rings. The molecule has 0 aliphatic carbocycles. The van der Waals surface area contributed by atoms with Crippen molar-refractivity contribution in [3.63, 3.8) is 0 Å². The number of hydrogen-bond acceptors (Lipinski definition) is 3. The predicted molar refractivity (Wildman–Crippen MR) is 103 cm³/mol. The van der Waals surface area contributed by atoms with Crippen molar-refractivity contribution in [1.82, 2.24) is 10.2 Å². The van der Waals surface area contributed by atoms with Gasteiger partial charge < -0.3 is 16.0 Å². The second-order valence-corrected chi connectivity index (χ2v) is 6.90. The Bertz CT molecular complexity index is 567. The van der Waals surface area contributed by atoms with Crippen LogP contribution in [0.3, 0.4) is 0 Å². The summed E-state index contributed by atoms with van der Waals surface area (Å²) >= 11 is 0. The van der Waals surface area contributed by atoms with Crippen LogP contribution < -0.4 is 11.1 Å². The highest BCUT2D eigenvalue weighted by Crippen LogP contribution is 2.14. The molecule has 1 aromatic rings. The van der Waals surface area contributed by atoms with Crippen LogP contribution in [-0.2, 0) is 11.3 Å². The molecule has 0 saturated carbocycles. The topological polar surface area (TPSA) is 75.4 Å². The number of amides is 2. The lowest BCUT2D eigenvalue weighted by Crippen LogP contribution is -2.51. The summed E-state index contributed by atoms with van der Waals surface area (Å²) in [4.78, 5) is 26.5. The van der Waals surface area contributed by atoms with Gasteiger partial charge in [0.15, 0.2) is 0 Å². The van der Waals surface area contributed by atoms with Crippen LogP contribution in [0.4, 0.5) is 0 Å². The maximum atomic E-state index is 12.4. The number of hydrogen-bond donors (Lipinski definition) is 2. The van der Waals surface area contributed by atoms with Gasteiger partial charge in [-0.05, 0) is 50.3 Å². The largest absolute Gasteiger partial charge is 0.350 e. The monoisotopic (exact) mass is 367 g/mol. The van der Waals surface area contributed by atoms with E-state index in [1.54, 1.807) is 6.92 Å². The van der Waals surface area contributed by atoms with Crippen LogP contribution >= 0.6 is 12.4 Å². The van der Waals surface area contributed by atoms with Crippen LogP contribution in [0.5, 0.6) is 0 Å². The van der Waals surface area contributed by atoms with Crippen molar-refractivity contribution in [2.24, 2.45) is 5.73 Å². The minimum atomic E-state index is -0.834. The van der Waals surface area contributed by atoms with E-state index >= 15 is 0 Å². The van der Waals surface area contributed by atoms with Crippen molar-refractivity contribution in [1.29, 1.82) is 0 Å². The van der Waals surface area contributed by atoms with Gasteiger partial charge in [0.1, 0.15) is 0 Å². The summed E-state index contributed by atoms with van der Waals surface area (Å²) < 4.78 is 0. The lowest BCUT2D eigenvalue weighted by molar-refractivity contribution is -0.126. The molecule has 1 atom stereocenters. The van der Waals surface area contributed by atoms with E-state index < -0.39 is 5.54 Å². The molecule has 0 radical (unpaired) electrons. The highest BCUT2D eigenvalue weighted by Gasteiger charge is 2.26. The quantitative estimate of drug-likeness (QED) is 0.811. The second-order valence-electron chi connectivity index (χ2n) is 6.90. The van der Waals surface area contributed by atoms with Gasteiger partial charge in [-0.25, -0.2) is 0 Å². The number of carbonyl (C=O) groups is 2. The average molecular weight is 368 g/mol. The number of halogens is 1. The van der Waals surface area contributed by atoms with Crippen LogP contribution in [0.2, 0.25) is 0 Å². The lowest BCUT2D eigenvalue weighted by Gasteiger charge is -2.26. The zero-order chi connectivity index (χ0) is 17.6. The molecule has 2 amide bonds. The van der Waals surface area contributed by atoms with Gasteiger partial charge in [0, 0.05) is 25.2 Å². The smallest absolute Gasteiger partial charge is 0.253 e. The van der Waals surface area contributed by atoms with Crippen molar-refractivity contribution < 1.29 is 9.59 Å². The van der Waals surface area contributed by atoms with Gasteiger partial charge in [-0.3, -0.25) is 9.59 Å². The number of piperidine rings is 1. The summed E-state index contributed by atoms with van der Waals surface area (Å²) in [6.45, 7) is 5.89. The van der Waals surface area contributed by atoms with Crippen molar-refractivity contribution in [2.45, 2.75) is 58.0 Å². The Morgan fingerprint density at radius 3 is 2.32 bits per heavy atom. The van der Waals surface area contributed by atoms with E-state index in [0.717, 1.165) is 37.9 Å². The molecule has 2 rings (SSSR count). The minimum Gasteiger partial charge on any atom is -0.350 e. The average Bonchev–Trinajstić information content (AvgIpc) is 2.60. The first kappa shape index (κ1) is 21.5. The Kier molecular flexibility index (Phi) is 8.39. The number of benzene rings is 1. The molecule has 5 nitrogen and oxygen atoms in total. The maximum absolute atomic E-state index is 12.4. The van der Waals surface area contributed by atoms with Gasteiger partial charge in [-0.1, -0.05) is 25.5 Å². The Labute approximate surface area is 156 Å². The van der Waals surface area contributed by atoms with E-state index in [1.165, 1.54) is 6.42 Å². The lowest BCUT2D eigenvalue weighted by atomic mass is 9.96. The van der Waals surface area contributed by atoms with E-state index in [0.29, 0.717) is 18.5 Å². The molecular formula is C19H30ClN3O2. The highest BCUT2D eigenvalue weighted by atomic mass is 35.5. The van der Waals surface area contributed by atoms with Crippen LogP contribution in [0.25, 0.3) is 0 Å². The Morgan fingerprint density at radius 1 is 1.16 bits per heavy atom. The summed E-state index contributed by atoms with van der Waals surface area (Å²) in [7, 11) is 0. The van der Waals surface area contributed by atoms with Crippen molar-refractivity contribution in [2.75, 3.05) is 13.1 Å². The van der Waals surface area contributed by atoms with Crippen LogP contribution in [0.1, 0.15) is 61.9 Å². The first-order valence-corrected chi connectivity index (χ1v) is 8.89. The number of carbonyl (C=O) groups excluding carboxylic acids is 2. The molecule has 1 heterocycles. The van der Waals surface area contributed by atoms with Gasteiger partial charge in [0.05, 0.1) is 5.54 Å². The van der Waals surface area contributed by atoms with E-state index in [-0.39, 0.29) is 24.2 Å². The summed E-state index contributed by atoms with van der Waals surface area (Å²) in [6, 6.07) is 7.47. The molecule has 0 bridgehead atoms. The third kappa shape index (κ3) is 6.01. The third-order valence-corrected chi connectivity index (χ3v) is 4.59. The molecule has 0 aromatic heterocycles. The van der Waals surface area contributed by atoms with Crippen molar-refractivity contribution in [3.8, 4) is 0 Å². The second kappa shape index (κ2) is 9.78. The molecule has 1 aromatic carbocycles. The standard InChI is InChI=1S/C19H29N3O2.ClH/c1-3-11-19(2,20)18(24)21-14-15-7-9-16(10-8-15)17(23)22-12-5-4-6-13-22;/h7-10H,3-6,11-14,20H2,1-2H3,(H,21,24);1H. The molecule has 25 heavy (non-hydrogen) atoms. The molecule has 1 fully saturated rings. The van der Waals surface area contributed by atoms with Gasteiger partial charge in [-0.2, -0.15) is 0 Å². The Balaban J connectivity index is 0.00000312. The van der Waals surface area contributed by atoms with E-state index in [2.05, 4.69) is 5.32 Å². The molecule has 1 unspecified atom stereocenters. The fraction of sp³-hybridized carbons (Fsp3) is 0.579. The molecule has 1 saturated heterocycles. The molecule has 1 aliphatic heterocycles. The third-order valence-electron chi connectivity index (χ3n) is 4.59. The van der Waals surface area contributed by atoms with Gasteiger partial charge in [-0.15, -0.1) is 12.4 Å². The van der Waals surface area contributed by atoms with E-state index in [9.17, 15) is 9.59 Å². The van der Waals surface area contributed by atoms with Gasteiger partial charge in [0.2, 0.25) is 5.91 Å². The number of nitrogens with zero attached hydrogens (tertiary/aromatic N) is 1. The fourth-order valence-electron chi connectivity index (χ4n) is 3.06. The maximum Gasteiger partial charge on any atom is 0.253 e. The summed E-state index contributed by atoms with van der Waals surface area (Å²) in [5.41, 5.74) is 6.86. The molecule has 3 N–H and O–H groups in total.